The Morgan fingerprint density at radius 2 is 2.03 bits per heavy atom. The minimum atomic E-state index is 0.284. The molecule has 29 heavy (non-hydrogen) atoms. The van der Waals surface area contributed by atoms with Gasteiger partial charge in [0.15, 0.2) is 17.5 Å². The van der Waals surface area contributed by atoms with Gasteiger partial charge in [0.25, 0.3) is 0 Å². The molecule has 0 amide bonds. The van der Waals surface area contributed by atoms with Crippen LogP contribution in [0.3, 0.4) is 0 Å². The van der Waals surface area contributed by atoms with Crippen LogP contribution >= 0.6 is 0 Å². The van der Waals surface area contributed by atoms with E-state index in [1.54, 1.807) is 0 Å². The van der Waals surface area contributed by atoms with E-state index in [1.807, 2.05) is 18.2 Å². The number of ether oxygens (including phenoxy) is 4. The molecule has 0 aromatic heterocycles. The number of nitrogens with zero attached hydrogens (tertiary/aromatic N) is 1. The monoisotopic (exact) mass is 405 g/mol. The number of anilines is 1. The van der Waals surface area contributed by atoms with Crippen molar-refractivity contribution in [1.29, 1.82) is 0 Å². The average Bonchev–Trinajstić information content (AvgIpc) is 3.12. The third-order valence-corrected chi connectivity index (χ3v) is 4.71. The van der Waals surface area contributed by atoms with E-state index >= 15 is 0 Å². The maximum atomic E-state index is 5.78. The molecule has 7 nitrogen and oxygen atoms in total. The Morgan fingerprint density at radius 1 is 1.17 bits per heavy atom. The molecule has 1 fully saturated rings. The molecule has 0 bridgehead atoms. The zero-order valence-electron chi connectivity index (χ0n) is 17.7. The van der Waals surface area contributed by atoms with Crippen molar-refractivity contribution >= 4 is 11.6 Å². The maximum Gasteiger partial charge on any atom is 0.195 e. The first kappa shape index (κ1) is 21.7. The number of hydrogen-bond donors (Lipinski definition) is 2. The highest BCUT2D eigenvalue weighted by Gasteiger charge is 2.15. The largest absolute Gasteiger partial charge is 0.490 e. The van der Waals surface area contributed by atoms with Crippen LogP contribution in [0.15, 0.2) is 23.2 Å². The molecule has 0 radical (unpaired) electrons. The molecule has 2 heterocycles. The fourth-order valence-corrected chi connectivity index (χ4v) is 3.16. The highest BCUT2D eigenvalue weighted by atomic mass is 16.5. The molecular weight excluding hydrogens is 370 g/mol. The Balaban J connectivity index is 1.46. The molecule has 1 aromatic rings. The van der Waals surface area contributed by atoms with Crippen LogP contribution in [0.1, 0.15) is 39.5 Å². The Hall–Kier alpha value is -1.99. The summed E-state index contributed by atoms with van der Waals surface area (Å²) in [4.78, 5) is 4.69. The molecule has 1 saturated heterocycles. The van der Waals surface area contributed by atoms with E-state index < -0.39 is 0 Å². The van der Waals surface area contributed by atoms with E-state index in [0.717, 1.165) is 68.5 Å². The Labute approximate surface area is 174 Å². The first-order valence-electron chi connectivity index (χ1n) is 10.8. The second-order valence-electron chi connectivity index (χ2n) is 7.91. The van der Waals surface area contributed by atoms with Crippen molar-refractivity contribution in [3.05, 3.63) is 18.2 Å². The molecule has 2 N–H and O–H groups in total. The molecule has 3 rings (SSSR count). The second-order valence-corrected chi connectivity index (χ2v) is 7.91. The lowest BCUT2D eigenvalue weighted by Gasteiger charge is -2.15. The van der Waals surface area contributed by atoms with Gasteiger partial charge in [-0.3, -0.25) is 4.99 Å². The average molecular weight is 406 g/mol. The zero-order chi connectivity index (χ0) is 20.3. The summed E-state index contributed by atoms with van der Waals surface area (Å²) >= 11 is 0. The van der Waals surface area contributed by atoms with E-state index in [0.29, 0.717) is 32.3 Å². The molecule has 0 aliphatic carbocycles. The van der Waals surface area contributed by atoms with E-state index in [4.69, 9.17) is 23.9 Å². The second kappa shape index (κ2) is 11.9. The van der Waals surface area contributed by atoms with Crippen LogP contribution in [0.2, 0.25) is 0 Å². The Kier molecular flexibility index (Phi) is 8.89. The third kappa shape index (κ3) is 7.74. The van der Waals surface area contributed by atoms with Crippen LogP contribution in [0, 0.1) is 5.92 Å². The summed E-state index contributed by atoms with van der Waals surface area (Å²) in [6, 6.07) is 5.91. The smallest absolute Gasteiger partial charge is 0.195 e. The van der Waals surface area contributed by atoms with Crippen LogP contribution in [-0.2, 0) is 9.47 Å². The fourth-order valence-electron chi connectivity index (χ4n) is 3.16. The van der Waals surface area contributed by atoms with Gasteiger partial charge in [-0.15, -0.1) is 0 Å². The van der Waals surface area contributed by atoms with Crippen molar-refractivity contribution in [2.75, 3.05) is 51.4 Å². The zero-order valence-corrected chi connectivity index (χ0v) is 17.7. The highest BCUT2D eigenvalue weighted by Crippen LogP contribution is 2.32. The first-order valence-corrected chi connectivity index (χ1v) is 10.8. The van der Waals surface area contributed by atoms with Gasteiger partial charge in [-0.25, -0.2) is 0 Å². The van der Waals surface area contributed by atoms with Crippen LogP contribution in [0.5, 0.6) is 11.5 Å². The van der Waals surface area contributed by atoms with E-state index in [-0.39, 0.29) is 6.10 Å². The van der Waals surface area contributed by atoms with E-state index in [1.165, 1.54) is 0 Å². The summed E-state index contributed by atoms with van der Waals surface area (Å²) in [7, 11) is 0. The van der Waals surface area contributed by atoms with Gasteiger partial charge in [0, 0.05) is 44.5 Å². The van der Waals surface area contributed by atoms with Crippen LogP contribution in [0.25, 0.3) is 0 Å². The topological polar surface area (TPSA) is 73.3 Å². The van der Waals surface area contributed by atoms with Crippen molar-refractivity contribution < 1.29 is 18.9 Å². The number of nitrogens with one attached hydrogen (secondary N) is 2. The Morgan fingerprint density at radius 3 is 2.83 bits per heavy atom. The first-order chi connectivity index (χ1) is 14.2. The van der Waals surface area contributed by atoms with Crippen molar-refractivity contribution in [2.45, 2.75) is 45.6 Å². The van der Waals surface area contributed by atoms with Gasteiger partial charge in [-0.1, -0.05) is 13.8 Å². The molecule has 0 spiro atoms. The standard InChI is InChI=1S/C22H35N3O4/c1-17(2)15-24-22(23-9-4-10-26-16-19-6-3-11-27-19)25-18-7-8-20-21(14-18)29-13-5-12-28-20/h7-8,14,17,19H,3-6,9-13,15-16H2,1-2H3,(H2,23,24,25). The van der Waals surface area contributed by atoms with Gasteiger partial charge in [0.1, 0.15) is 0 Å². The van der Waals surface area contributed by atoms with Crippen LogP contribution in [0.4, 0.5) is 5.69 Å². The molecule has 7 heteroatoms. The number of guanidine groups is 1. The predicted octanol–water partition coefficient (Wildman–Crippen LogP) is 3.45. The highest BCUT2D eigenvalue weighted by molar-refractivity contribution is 5.93. The minimum absolute atomic E-state index is 0.284. The molecule has 162 valence electrons. The van der Waals surface area contributed by atoms with Crippen molar-refractivity contribution in [1.82, 2.24) is 5.32 Å². The number of rotatable bonds is 9. The lowest BCUT2D eigenvalue weighted by molar-refractivity contribution is 0.0168. The van der Waals surface area contributed by atoms with Gasteiger partial charge in [0.2, 0.25) is 0 Å². The SMILES string of the molecule is CC(C)CN=C(NCCCOCC1CCCO1)Nc1ccc2c(c1)OCCCO2. The van der Waals surface area contributed by atoms with Crippen molar-refractivity contribution in [3.63, 3.8) is 0 Å². The summed E-state index contributed by atoms with van der Waals surface area (Å²) in [5.41, 5.74) is 0.930. The molecule has 2 aliphatic rings. The lowest BCUT2D eigenvalue weighted by Crippen LogP contribution is -2.32. The number of aliphatic imine (C=N–C) groups is 1. The number of fused-ring (bicyclic) bond motifs is 1. The van der Waals surface area contributed by atoms with Gasteiger partial charge in [0.05, 0.1) is 25.9 Å². The lowest BCUT2D eigenvalue weighted by atomic mass is 10.2. The molecular formula is C22H35N3O4. The maximum absolute atomic E-state index is 5.78. The minimum Gasteiger partial charge on any atom is -0.490 e. The molecule has 1 unspecified atom stereocenters. The Bertz CT molecular complexity index is 645. The number of benzene rings is 1. The normalized spacial score (nSPS) is 19.3. The summed E-state index contributed by atoms with van der Waals surface area (Å²) in [5, 5.41) is 6.78. The van der Waals surface area contributed by atoms with E-state index in [9.17, 15) is 0 Å². The molecule has 1 aromatic carbocycles. The van der Waals surface area contributed by atoms with E-state index in [2.05, 4.69) is 24.5 Å². The quantitative estimate of drug-likeness (QED) is 0.372. The third-order valence-electron chi connectivity index (χ3n) is 4.71. The summed E-state index contributed by atoms with van der Waals surface area (Å²) in [5.74, 6) is 2.84. The molecule has 1 atom stereocenters. The van der Waals surface area contributed by atoms with Crippen LogP contribution in [-0.4, -0.2) is 58.2 Å². The van der Waals surface area contributed by atoms with Gasteiger partial charge in [-0.2, -0.15) is 0 Å². The summed E-state index contributed by atoms with van der Waals surface area (Å²) in [6.45, 7) is 9.53. The van der Waals surface area contributed by atoms with Gasteiger partial charge >= 0.3 is 0 Å². The summed E-state index contributed by atoms with van der Waals surface area (Å²) < 4.78 is 22.8. The predicted molar refractivity (Wildman–Crippen MR) is 115 cm³/mol. The van der Waals surface area contributed by atoms with Gasteiger partial charge in [-0.05, 0) is 37.3 Å². The van der Waals surface area contributed by atoms with Gasteiger partial charge < -0.3 is 29.6 Å². The number of hydrogen-bond acceptors (Lipinski definition) is 5. The van der Waals surface area contributed by atoms with Crippen molar-refractivity contribution in [3.8, 4) is 11.5 Å². The summed E-state index contributed by atoms with van der Waals surface area (Å²) in [6.07, 6.45) is 4.36. The van der Waals surface area contributed by atoms with Crippen LogP contribution < -0.4 is 20.1 Å². The van der Waals surface area contributed by atoms with Crippen molar-refractivity contribution in [2.24, 2.45) is 10.9 Å². The fraction of sp³-hybridized carbons (Fsp3) is 0.682. The molecule has 2 aliphatic heterocycles. The molecule has 0 saturated carbocycles.